The smallest absolute Gasteiger partial charge is 0.338 e. The number of benzene rings is 3. The number of esters is 3. The van der Waals surface area contributed by atoms with Gasteiger partial charge in [0.2, 0.25) is 12.1 Å². The molecule has 12 nitrogen and oxygen atoms in total. The summed E-state index contributed by atoms with van der Waals surface area (Å²) < 4.78 is 47.5. The molecule has 9 atom stereocenters. The van der Waals surface area contributed by atoms with Crippen molar-refractivity contribution in [1.82, 2.24) is 0 Å². The first kappa shape index (κ1) is 32.8. The second-order valence-corrected chi connectivity index (χ2v) is 11.5. The molecule has 6 rings (SSSR count). The summed E-state index contributed by atoms with van der Waals surface area (Å²) in [5.74, 6) is -4.36. The number of hydrogen-bond acceptors (Lipinski definition) is 12. The zero-order valence-corrected chi connectivity index (χ0v) is 25.8. The summed E-state index contributed by atoms with van der Waals surface area (Å²) in [7, 11) is 1.23. The Balaban J connectivity index is 1.34. The first-order chi connectivity index (χ1) is 22.8. The SMILES string of the molecule is COC(=O)[C@H]1O[C@@H]2C[C@H]3OC(OC(C)=O)[C@H](OC(=O)c4ccccc4)[C@H]3O[C@@]2(O)[C@@H](OCc2ccccc2)[C@@H]1OCc1ccccc1. The third kappa shape index (κ3) is 7.08. The normalized spacial score (nSPS) is 31.2. The summed E-state index contributed by atoms with van der Waals surface area (Å²) in [6.45, 7) is 1.27. The van der Waals surface area contributed by atoms with E-state index in [1.807, 2.05) is 60.7 Å². The lowest BCUT2D eigenvalue weighted by Crippen LogP contribution is -2.73. The van der Waals surface area contributed by atoms with Gasteiger partial charge in [0.05, 0.1) is 32.0 Å². The number of aliphatic hydroxyl groups is 1. The van der Waals surface area contributed by atoms with E-state index in [1.165, 1.54) is 14.0 Å². The number of carbonyl (C=O) groups excluding carboxylic acids is 3. The van der Waals surface area contributed by atoms with Gasteiger partial charge in [-0.2, -0.15) is 0 Å². The van der Waals surface area contributed by atoms with E-state index in [1.54, 1.807) is 30.3 Å². The molecule has 1 unspecified atom stereocenters. The lowest BCUT2D eigenvalue weighted by Gasteiger charge is -2.54. The molecule has 0 aliphatic carbocycles. The highest BCUT2D eigenvalue weighted by atomic mass is 16.8. The van der Waals surface area contributed by atoms with Gasteiger partial charge in [0.25, 0.3) is 0 Å². The fourth-order valence-electron chi connectivity index (χ4n) is 6.12. The van der Waals surface area contributed by atoms with Crippen LogP contribution in [-0.2, 0) is 60.7 Å². The maximum atomic E-state index is 13.2. The summed E-state index contributed by atoms with van der Waals surface area (Å²) in [6.07, 6.45) is -9.66. The quantitative estimate of drug-likeness (QED) is 0.255. The van der Waals surface area contributed by atoms with Crippen LogP contribution in [0.2, 0.25) is 0 Å². The van der Waals surface area contributed by atoms with Crippen LogP contribution >= 0.6 is 0 Å². The first-order valence-corrected chi connectivity index (χ1v) is 15.3. The lowest BCUT2D eigenvalue weighted by molar-refractivity contribution is -0.406. The molecule has 1 N–H and O–H groups in total. The summed E-state index contributed by atoms with van der Waals surface area (Å²) >= 11 is 0. The Morgan fingerprint density at radius 1 is 0.809 bits per heavy atom. The Labute approximate surface area is 271 Å². The number of rotatable bonds is 10. The Bertz CT molecular complexity index is 1520. The molecule has 3 aliphatic rings. The van der Waals surface area contributed by atoms with Crippen LogP contribution in [0.25, 0.3) is 0 Å². The Morgan fingerprint density at radius 3 is 2.00 bits per heavy atom. The maximum Gasteiger partial charge on any atom is 0.338 e. The number of methoxy groups -OCH3 is 1. The monoisotopic (exact) mass is 648 g/mol. The van der Waals surface area contributed by atoms with E-state index in [4.69, 9.17) is 37.9 Å². The predicted molar refractivity (Wildman–Crippen MR) is 161 cm³/mol. The van der Waals surface area contributed by atoms with Gasteiger partial charge in [-0.05, 0) is 23.3 Å². The van der Waals surface area contributed by atoms with E-state index in [0.29, 0.717) is 0 Å². The number of hydrogen-bond donors (Lipinski definition) is 1. The van der Waals surface area contributed by atoms with E-state index < -0.39 is 72.7 Å². The van der Waals surface area contributed by atoms with Crippen LogP contribution in [0.5, 0.6) is 0 Å². The summed E-state index contributed by atoms with van der Waals surface area (Å²) in [6, 6.07) is 26.8. The minimum Gasteiger partial charge on any atom is -0.467 e. The van der Waals surface area contributed by atoms with E-state index >= 15 is 0 Å². The van der Waals surface area contributed by atoms with Gasteiger partial charge < -0.3 is 43.0 Å². The average molecular weight is 649 g/mol. The number of ether oxygens (including phenoxy) is 8. The van der Waals surface area contributed by atoms with E-state index in [-0.39, 0.29) is 25.2 Å². The minimum atomic E-state index is -2.24. The average Bonchev–Trinajstić information content (AvgIpc) is 3.39. The maximum absolute atomic E-state index is 13.2. The van der Waals surface area contributed by atoms with Crippen molar-refractivity contribution < 1.29 is 57.4 Å². The van der Waals surface area contributed by atoms with E-state index in [9.17, 15) is 19.5 Å². The molecular formula is C35H36O12. The van der Waals surface area contributed by atoms with Gasteiger partial charge in [-0.15, -0.1) is 0 Å². The van der Waals surface area contributed by atoms with Crippen molar-refractivity contribution in [1.29, 1.82) is 0 Å². The Hall–Kier alpha value is -4.17. The van der Waals surface area contributed by atoms with Gasteiger partial charge in [0.15, 0.2) is 12.2 Å². The molecule has 0 radical (unpaired) electrons. The van der Waals surface area contributed by atoms with Crippen LogP contribution in [0.15, 0.2) is 91.0 Å². The van der Waals surface area contributed by atoms with Gasteiger partial charge in [-0.1, -0.05) is 78.9 Å². The number of fused-ring (bicyclic) bond motifs is 2. The van der Waals surface area contributed by atoms with Crippen molar-refractivity contribution in [3.8, 4) is 0 Å². The molecule has 47 heavy (non-hydrogen) atoms. The molecule has 3 aromatic carbocycles. The third-order valence-electron chi connectivity index (χ3n) is 8.34. The highest BCUT2D eigenvalue weighted by Gasteiger charge is 2.67. The van der Waals surface area contributed by atoms with Crippen LogP contribution in [0.4, 0.5) is 0 Å². The molecule has 0 bridgehead atoms. The van der Waals surface area contributed by atoms with Gasteiger partial charge in [-0.25, -0.2) is 9.59 Å². The predicted octanol–water partition coefficient (Wildman–Crippen LogP) is 3.09. The van der Waals surface area contributed by atoms with E-state index in [0.717, 1.165) is 11.1 Å². The lowest BCUT2D eigenvalue weighted by atomic mass is 9.84. The second kappa shape index (κ2) is 14.3. The summed E-state index contributed by atoms with van der Waals surface area (Å²) in [4.78, 5) is 38.3. The van der Waals surface area contributed by atoms with Crippen LogP contribution in [0, 0.1) is 0 Å². The highest BCUT2D eigenvalue weighted by Crippen LogP contribution is 2.46. The summed E-state index contributed by atoms with van der Waals surface area (Å²) in [5.41, 5.74) is 1.85. The zero-order valence-electron chi connectivity index (χ0n) is 25.8. The van der Waals surface area contributed by atoms with Crippen molar-refractivity contribution in [3.05, 3.63) is 108 Å². The third-order valence-corrected chi connectivity index (χ3v) is 8.34. The van der Waals surface area contributed by atoms with Crippen molar-refractivity contribution in [2.45, 2.75) is 81.4 Å². The van der Waals surface area contributed by atoms with Gasteiger partial charge in [0, 0.05) is 13.3 Å². The van der Waals surface area contributed by atoms with Crippen LogP contribution in [0.3, 0.4) is 0 Å². The molecule has 12 heteroatoms. The van der Waals surface area contributed by atoms with Gasteiger partial charge in [-0.3, -0.25) is 4.79 Å². The fraction of sp³-hybridized carbons (Fsp3) is 0.400. The standard InChI is InChI=1S/C35H36O12/c1-21(36)43-34-30(46-32(37)24-16-10-5-11-17-24)27-25(44-34)18-26-35(39,47-27)31(42-20-23-14-8-4-9-15-23)28(29(45-26)33(38)40-2)41-19-22-12-6-3-7-13-22/h3-17,25-31,34,39H,18-20H2,1-2H3/t25-,26-,27+,28-,29+,30-,31+,34?,35-/m1/s1. The van der Waals surface area contributed by atoms with Crippen molar-refractivity contribution in [2.75, 3.05) is 7.11 Å². The van der Waals surface area contributed by atoms with Crippen LogP contribution < -0.4 is 0 Å². The molecule has 248 valence electrons. The Morgan fingerprint density at radius 2 is 1.40 bits per heavy atom. The molecule has 3 aliphatic heterocycles. The molecule has 0 spiro atoms. The number of carbonyl (C=O) groups is 3. The molecule has 3 aromatic rings. The van der Waals surface area contributed by atoms with Crippen LogP contribution in [-0.4, -0.2) is 84.9 Å². The molecular weight excluding hydrogens is 612 g/mol. The van der Waals surface area contributed by atoms with Crippen molar-refractivity contribution in [2.24, 2.45) is 0 Å². The minimum absolute atomic E-state index is 0.0239. The molecule has 0 amide bonds. The van der Waals surface area contributed by atoms with E-state index in [2.05, 4.69) is 0 Å². The molecule has 0 aromatic heterocycles. The zero-order chi connectivity index (χ0) is 33.0. The first-order valence-electron chi connectivity index (χ1n) is 15.3. The van der Waals surface area contributed by atoms with Gasteiger partial charge in [0.1, 0.15) is 24.4 Å². The Kier molecular flexibility index (Phi) is 9.97. The molecule has 3 saturated heterocycles. The second-order valence-electron chi connectivity index (χ2n) is 11.5. The molecule has 0 saturated carbocycles. The molecule has 3 fully saturated rings. The topological polar surface area (TPSA) is 145 Å². The van der Waals surface area contributed by atoms with Crippen molar-refractivity contribution in [3.63, 3.8) is 0 Å². The highest BCUT2D eigenvalue weighted by molar-refractivity contribution is 5.89. The van der Waals surface area contributed by atoms with Crippen LogP contribution in [0.1, 0.15) is 34.8 Å². The van der Waals surface area contributed by atoms with Crippen molar-refractivity contribution >= 4 is 17.9 Å². The largest absolute Gasteiger partial charge is 0.467 e. The molecule has 3 heterocycles. The summed E-state index contributed by atoms with van der Waals surface area (Å²) in [5, 5.41) is 12.4. The van der Waals surface area contributed by atoms with Gasteiger partial charge >= 0.3 is 17.9 Å². The fourth-order valence-corrected chi connectivity index (χ4v) is 6.12.